The molecule has 2 aliphatic rings. The van der Waals surface area contributed by atoms with Crippen LogP contribution in [-0.2, 0) is 0 Å². The van der Waals surface area contributed by atoms with Crippen molar-refractivity contribution >= 4 is 11.6 Å². The molecule has 2 fully saturated rings. The quantitative estimate of drug-likeness (QED) is 0.922. The zero-order valence-corrected chi connectivity index (χ0v) is 12.5. The van der Waals surface area contributed by atoms with Crippen LogP contribution in [0.25, 0.3) is 5.69 Å². The molecule has 2 atom stereocenters. The van der Waals surface area contributed by atoms with E-state index in [0.29, 0.717) is 17.1 Å². The largest absolute Gasteiger partial charge is 0.314 e. The predicted molar refractivity (Wildman–Crippen MR) is 81.7 cm³/mol. The molecule has 1 N–H and O–H groups in total. The molecular weight excluding hydrogens is 286 g/mol. The highest BCUT2D eigenvalue weighted by atomic mass is 35.5. The van der Waals surface area contributed by atoms with Gasteiger partial charge in [0, 0.05) is 30.7 Å². The van der Waals surface area contributed by atoms with Crippen LogP contribution in [0.3, 0.4) is 0 Å². The molecule has 1 aromatic carbocycles. The van der Waals surface area contributed by atoms with Crippen LogP contribution < -0.4 is 5.32 Å². The lowest BCUT2D eigenvalue weighted by atomic mass is 10.1. The van der Waals surface area contributed by atoms with Gasteiger partial charge in [0.2, 0.25) is 0 Å². The van der Waals surface area contributed by atoms with Crippen molar-refractivity contribution in [2.45, 2.75) is 24.9 Å². The van der Waals surface area contributed by atoms with E-state index in [2.05, 4.69) is 20.5 Å². The van der Waals surface area contributed by atoms with Gasteiger partial charge in [-0.05, 0) is 31.0 Å². The maximum absolute atomic E-state index is 6.04. The van der Waals surface area contributed by atoms with Gasteiger partial charge in [0.25, 0.3) is 0 Å². The van der Waals surface area contributed by atoms with E-state index in [0.717, 1.165) is 31.0 Å². The lowest BCUT2D eigenvalue weighted by molar-refractivity contribution is 0.159. The molecule has 5 nitrogen and oxygen atoms in total. The lowest BCUT2D eigenvalue weighted by Gasteiger charge is -2.33. The summed E-state index contributed by atoms with van der Waals surface area (Å²) >= 11 is 6.04. The van der Waals surface area contributed by atoms with Crippen LogP contribution in [0.1, 0.15) is 24.6 Å². The smallest absolute Gasteiger partial charge is 0.100 e. The molecule has 0 saturated carbocycles. The molecule has 110 valence electrons. The van der Waals surface area contributed by atoms with Crippen LogP contribution in [-0.4, -0.2) is 45.6 Å². The number of piperazine rings is 1. The van der Waals surface area contributed by atoms with Gasteiger partial charge in [-0.3, -0.25) is 4.90 Å². The first-order chi connectivity index (χ1) is 10.3. The van der Waals surface area contributed by atoms with Crippen molar-refractivity contribution in [2.24, 2.45) is 0 Å². The van der Waals surface area contributed by atoms with E-state index in [1.165, 1.54) is 12.8 Å². The molecule has 0 bridgehead atoms. The molecule has 21 heavy (non-hydrogen) atoms. The van der Waals surface area contributed by atoms with E-state index in [9.17, 15) is 0 Å². The van der Waals surface area contributed by atoms with Gasteiger partial charge in [0.1, 0.15) is 5.69 Å². The van der Waals surface area contributed by atoms with Gasteiger partial charge in [-0.2, -0.15) is 0 Å². The fourth-order valence-corrected chi connectivity index (χ4v) is 3.65. The van der Waals surface area contributed by atoms with E-state index in [1.54, 1.807) is 0 Å². The maximum Gasteiger partial charge on any atom is 0.100 e. The van der Waals surface area contributed by atoms with E-state index in [-0.39, 0.29) is 0 Å². The fraction of sp³-hybridized carbons (Fsp3) is 0.467. The van der Waals surface area contributed by atoms with Crippen LogP contribution in [0, 0.1) is 0 Å². The Hall–Kier alpha value is -1.43. The highest BCUT2D eigenvalue weighted by Gasteiger charge is 2.37. The minimum atomic E-state index is 0.407. The van der Waals surface area contributed by atoms with E-state index in [1.807, 2.05) is 35.1 Å². The Labute approximate surface area is 128 Å². The molecule has 2 aromatic rings. The molecule has 0 radical (unpaired) electrons. The fourth-order valence-electron chi connectivity index (χ4n) is 3.46. The van der Waals surface area contributed by atoms with Crippen LogP contribution in [0.15, 0.2) is 30.5 Å². The Morgan fingerprint density at radius 1 is 1.29 bits per heavy atom. The van der Waals surface area contributed by atoms with Crippen molar-refractivity contribution in [2.75, 3.05) is 19.6 Å². The van der Waals surface area contributed by atoms with Gasteiger partial charge >= 0.3 is 0 Å². The summed E-state index contributed by atoms with van der Waals surface area (Å²) in [7, 11) is 0. The zero-order valence-electron chi connectivity index (χ0n) is 11.7. The Morgan fingerprint density at radius 2 is 2.24 bits per heavy atom. The molecule has 1 aromatic heterocycles. The third-order valence-electron chi connectivity index (χ3n) is 4.49. The average Bonchev–Trinajstić information content (AvgIpc) is 3.14. The highest BCUT2D eigenvalue weighted by molar-refractivity contribution is 6.30. The summed E-state index contributed by atoms with van der Waals surface area (Å²) in [5.41, 5.74) is 2.02. The number of rotatable bonds is 2. The van der Waals surface area contributed by atoms with Crippen molar-refractivity contribution in [3.63, 3.8) is 0 Å². The molecule has 6 heteroatoms. The molecule has 2 saturated heterocycles. The summed E-state index contributed by atoms with van der Waals surface area (Å²) in [5, 5.41) is 12.9. The van der Waals surface area contributed by atoms with Crippen molar-refractivity contribution < 1.29 is 0 Å². The number of halogens is 1. The number of aromatic nitrogens is 3. The second kappa shape index (κ2) is 5.40. The Bertz CT molecular complexity index is 640. The van der Waals surface area contributed by atoms with Crippen molar-refractivity contribution in [3.05, 3.63) is 41.2 Å². The van der Waals surface area contributed by atoms with Gasteiger partial charge in [-0.1, -0.05) is 22.9 Å². The highest BCUT2D eigenvalue weighted by Crippen LogP contribution is 2.35. The summed E-state index contributed by atoms with van der Waals surface area (Å²) in [6.07, 6.45) is 4.45. The lowest BCUT2D eigenvalue weighted by Crippen LogP contribution is -2.48. The molecular formula is C15H18ClN5. The van der Waals surface area contributed by atoms with E-state index in [4.69, 9.17) is 11.6 Å². The van der Waals surface area contributed by atoms with Gasteiger partial charge < -0.3 is 5.32 Å². The summed E-state index contributed by atoms with van der Waals surface area (Å²) in [4.78, 5) is 2.57. The molecule has 1 unspecified atom stereocenters. The Kier molecular flexibility index (Phi) is 3.41. The number of benzene rings is 1. The first-order valence-electron chi connectivity index (χ1n) is 7.46. The summed E-state index contributed by atoms with van der Waals surface area (Å²) in [6, 6.07) is 8.76. The molecule has 4 rings (SSSR count). The second-order valence-electron chi connectivity index (χ2n) is 5.76. The monoisotopic (exact) mass is 303 g/mol. The SMILES string of the molecule is Clc1cccc(-n2cc(C3CC[C@H]4CNCCN34)nn2)c1. The standard InChI is InChI=1S/C15H18ClN5/c16-11-2-1-3-12(8-11)21-10-14(18-19-21)15-5-4-13-9-17-6-7-20(13)15/h1-3,8,10,13,15,17H,4-7,9H2/t13-,15?/m0/s1. The first kappa shape index (κ1) is 13.2. The van der Waals surface area contributed by atoms with Gasteiger partial charge in [0.15, 0.2) is 0 Å². The van der Waals surface area contributed by atoms with Gasteiger partial charge in [-0.15, -0.1) is 5.10 Å². The first-order valence-corrected chi connectivity index (χ1v) is 7.84. The van der Waals surface area contributed by atoms with E-state index >= 15 is 0 Å². The van der Waals surface area contributed by atoms with E-state index < -0.39 is 0 Å². The Morgan fingerprint density at radius 3 is 3.14 bits per heavy atom. The number of nitrogens with zero attached hydrogens (tertiary/aromatic N) is 4. The number of hydrogen-bond donors (Lipinski definition) is 1. The zero-order chi connectivity index (χ0) is 14.2. The molecule has 0 amide bonds. The molecule has 0 spiro atoms. The van der Waals surface area contributed by atoms with Gasteiger partial charge in [-0.25, -0.2) is 4.68 Å². The molecule has 2 aliphatic heterocycles. The second-order valence-corrected chi connectivity index (χ2v) is 6.19. The normalized spacial score (nSPS) is 26.0. The van der Waals surface area contributed by atoms with Crippen LogP contribution in [0.2, 0.25) is 5.02 Å². The minimum Gasteiger partial charge on any atom is -0.314 e. The maximum atomic E-state index is 6.04. The number of hydrogen-bond acceptors (Lipinski definition) is 4. The number of fused-ring (bicyclic) bond motifs is 1. The summed E-state index contributed by atoms with van der Waals surface area (Å²) in [6.45, 7) is 3.26. The Balaban J connectivity index is 1.60. The minimum absolute atomic E-state index is 0.407. The number of nitrogens with one attached hydrogen (secondary N) is 1. The van der Waals surface area contributed by atoms with Crippen LogP contribution >= 0.6 is 11.6 Å². The predicted octanol–water partition coefficient (Wildman–Crippen LogP) is 2.03. The molecule has 0 aliphatic carbocycles. The van der Waals surface area contributed by atoms with Gasteiger partial charge in [0.05, 0.1) is 17.9 Å². The molecule has 3 heterocycles. The summed E-state index contributed by atoms with van der Waals surface area (Å²) < 4.78 is 1.82. The summed E-state index contributed by atoms with van der Waals surface area (Å²) in [5.74, 6) is 0. The third-order valence-corrected chi connectivity index (χ3v) is 4.73. The van der Waals surface area contributed by atoms with Crippen molar-refractivity contribution in [3.8, 4) is 5.69 Å². The van der Waals surface area contributed by atoms with Crippen LogP contribution in [0.5, 0.6) is 0 Å². The van der Waals surface area contributed by atoms with Crippen molar-refractivity contribution in [1.82, 2.24) is 25.2 Å². The van der Waals surface area contributed by atoms with Crippen LogP contribution in [0.4, 0.5) is 0 Å². The van der Waals surface area contributed by atoms with Crippen molar-refractivity contribution in [1.29, 1.82) is 0 Å². The topological polar surface area (TPSA) is 46.0 Å². The third kappa shape index (κ3) is 2.46. The average molecular weight is 304 g/mol.